The number of amides is 1. The van der Waals surface area contributed by atoms with Gasteiger partial charge in [0.1, 0.15) is 0 Å². The van der Waals surface area contributed by atoms with Gasteiger partial charge in [0, 0.05) is 29.5 Å². The minimum absolute atomic E-state index is 0. The van der Waals surface area contributed by atoms with Gasteiger partial charge < -0.3 is 11.1 Å². The molecule has 0 unspecified atom stereocenters. The van der Waals surface area contributed by atoms with Crippen molar-refractivity contribution < 1.29 is 13.2 Å². The second kappa shape index (κ2) is 8.83. The lowest BCUT2D eigenvalue weighted by Gasteiger charge is -2.24. The maximum absolute atomic E-state index is 12.0. The third-order valence-electron chi connectivity index (χ3n) is 2.76. The molecule has 0 saturated heterocycles. The van der Waals surface area contributed by atoms with E-state index in [4.69, 9.17) is 5.73 Å². The van der Waals surface area contributed by atoms with Crippen molar-refractivity contribution in [2.75, 3.05) is 13.1 Å². The van der Waals surface area contributed by atoms with E-state index < -0.39 is 15.6 Å². The van der Waals surface area contributed by atoms with Crippen molar-refractivity contribution in [1.82, 2.24) is 10.0 Å². The number of hydrogen-bond acceptors (Lipinski definition) is 4. The molecule has 0 heterocycles. The maximum atomic E-state index is 12.0. The van der Waals surface area contributed by atoms with Crippen molar-refractivity contribution in [2.24, 2.45) is 5.73 Å². The Morgan fingerprint density at radius 3 is 2.32 bits per heavy atom. The summed E-state index contributed by atoms with van der Waals surface area (Å²) in [6.45, 7) is 3.95. The molecule has 22 heavy (non-hydrogen) atoms. The molecule has 0 radical (unpaired) electrons. The average molecular weight is 415 g/mol. The van der Waals surface area contributed by atoms with Crippen molar-refractivity contribution in [1.29, 1.82) is 0 Å². The van der Waals surface area contributed by atoms with E-state index in [0.29, 0.717) is 6.54 Å². The zero-order valence-electron chi connectivity index (χ0n) is 12.4. The van der Waals surface area contributed by atoms with Crippen molar-refractivity contribution in [3.8, 4) is 0 Å². The van der Waals surface area contributed by atoms with Crippen LogP contribution in [0.2, 0.25) is 0 Å². The van der Waals surface area contributed by atoms with Gasteiger partial charge in [-0.05, 0) is 38.1 Å². The second-order valence-corrected chi connectivity index (χ2v) is 7.92. The molecule has 0 atom stereocenters. The zero-order chi connectivity index (χ0) is 16.1. The van der Waals surface area contributed by atoms with E-state index in [1.165, 1.54) is 12.1 Å². The molecular formula is C13H21BrClN3O3S. The lowest BCUT2D eigenvalue weighted by molar-refractivity contribution is -0.122. The molecule has 1 aromatic rings. The molecule has 1 amide bonds. The summed E-state index contributed by atoms with van der Waals surface area (Å²) in [6, 6.07) is 6.27. The summed E-state index contributed by atoms with van der Waals surface area (Å²) < 4.78 is 27.2. The van der Waals surface area contributed by atoms with Crippen LogP contribution in [0.1, 0.15) is 20.3 Å². The number of nitrogens with two attached hydrogens (primary N) is 1. The lowest BCUT2D eigenvalue weighted by atomic mass is 10.1. The predicted octanol–water partition coefficient (Wildman–Crippen LogP) is 1.39. The first-order chi connectivity index (χ1) is 9.66. The SMILES string of the molecule is CC(C)(CN)NC(=O)CCNS(=O)(=O)c1ccc(Br)cc1.Cl. The standard InChI is InChI=1S/C13H20BrN3O3S.ClH/c1-13(2,9-15)17-12(18)7-8-16-21(19,20)11-5-3-10(14)4-6-11;/h3-6,16H,7-9,15H2,1-2H3,(H,17,18);1H. The Kier molecular flexibility index (Phi) is 8.56. The third-order valence-corrected chi connectivity index (χ3v) is 4.76. The lowest BCUT2D eigenvalue weighted by Crippen LogP contribution is -2.49. The monoisotopic (exact) mass is 413 g/mol. The second-order valence-electron chi connectivity index (χ2n) is 5.24. The molecule has 1 aromatic carbocycles. The fourth-order valence-electron chi connectivity index (χ4n) is 1.49. The highest BCUT2D eigenvalue weighted by molar-refractivity contribution is 9.10. The summed E-state index contributed by atoms with van der Waals surface area (Å²) in [6.07, 6.45) is 0.0548. The minimum atomic E-state index is -3.60. The van der Waals surface area contributed by atoms with E-state index in [9.17, 15) is 13.2 Å². The molecule has 0 fully saturated rings. The molecule has 6 nitrogen and oxygen atoms in total. The van der Waals surface area contributed by atoms with Gasteiger partial charge in [-0.3, -0.25) is 4.79 Å². The van der Waals surface area contributed by atoms with E-state index in [2.05, 4.69) is 26.0 Å². The summed E-state index contributed by atoms with van der Waals surface area (Å²) in [4.78, 5) is 11.8. The Balaban J connectivity index is 0.00000441. The molecule has 4 N–H and O–H groups in total. The molecule has 0 aliphatic carbocycles. The fraction of sp³-hybridized carbons (Fsp3) is 0.462. The van der Waals surface area contributed by atoms with Gasteiger partial charge in [0.15, 0.2) is 0 Å². The number of sulfonamides is 1. The normalized spacial score (nSPS) is 11.6. The molecule has 0 aliphatic rings. The van der Waals surface area contributed by atoms with Crippen LogP contribution in [0.4, 0.5) is 0 Å². The van der Waals surface area contributed by atoms with Crippen molar-refractivity contribution in [2.45, 2.75) is 30.7 Å². The fourth-order valence-corrected chi connectivity index (χ4v) is 2.78. The van der Waals surface area contributed by atoms with Crippen LogP contribution in [-0.4, -0.2) is 33.0 Å². The molecule has 126 valence electrons. The van der Waals surface area contributed by atoms with Crippen LogP contribution in [-0.2, 0) is 14.8 Å². The molecule has 0 saturated carbocycles. The van der Waals surface area contributed by atoms with Gasteiger partial charge in [0.05, 0.1) is 4.90 Å². The number of carbonyl (C=O) groups is 1. The van der Waals surface area contributed by atoms with Crippen molar-refractivity contribution in [3.63, 3.8) is 0 Å². The largest absolute Gasteiger partial charge is 0.350 e. The Bertz CT molecular complexity index is 591. The average Bonchev–Trinajstić information content (AvgIpc) is 2.38. The van der Waals surface area contributed by atoms with E-state index in [1.54, 1.807) is 26.0 Å². The molecule has 9 heteroatoms. The van der Waals surface area contributed by atoms with Crippen LogP contribution >= 0.6 is 28.3 Å². The highest BCUT2D eigenvalue weighted by Gasteiger charge is 2.19. The predicted molar refractivity (Wildman–Crippen MR) is 92.5 cm³/mol. The highest BCUT2D eigenvalue weighted by Crippen LogP contribution is 2.14. The number of carbonyl (C=O) groups excluding carboxylic acids is 1. The first kappa shape index (κ1) is 21.3. The van der Waals surface area contributed by atoms with E-state index in [0.717, 1.165) is 4.47 Å². The summed E-state index contributed by atoms with van der Waals surface area (Å²) >= 11 is 3.24. The quantitative estimate of drug-likeness (QED) is 0.627. The molecular weight excluding hydrogens is 394 g/mol. The molecule has 0 aromatic heterocycles. The van der Waals surface area contributed by atoms with E-state index >= 15 is 0 Å². The number of benzene rings is 1. The van der Waals surface area contributed by atoms with Gasteiger partial charge in [-0.1, -0.05) is 15.9 Å². The van der Waals surface area contributed by atoms with Gasteiger partial charge in [0.25, 0.3) is 0 Å². The van der Waals surface area contributed by atoms with Crippen LogP contribution in [0.5, 0.6) is 0 Å². The molecule has 0 aliphatic heterocycles. The zero-order valence-corrected chi connectivity index (χ0v) is 15.6. The number of rotatable bonds is 7. The molecule has 0 bridgehead atoms. The molecule has 1 rings (SSSR count). The number of halogens is 2. The topological polar surface area (TPSA) is 101 Å². The van der Waals surface area contributed by atoms with Crippen LogP contribution in [0.25, 0.3) is 0 Å². The summed E-state index contributed by atoms with van der Waals surface area (Å²) in [5, 5.41) is 2.73. The first-order valence-corrected chi connectivity index (χ1v) is 8.70. The Hall–Kier alpha value is -0.670. The van der Waals surface area contributed by atoms with Gasteiger partial charge in [-0.15, -0.1) is 12.4 Å². The highest BCUT2D eigenvalue weighted by atomic mass is 79.9. The first-order valence-electron chi connectivity index (χ1n) is 6.42. The van der Waals surface area contributed by atoms with Crippen molar-refractivity contribution >= 4 is 44.3 Å². The smallest absolute Gasteiger partial charge is 0.240 e. The third kappa shape index (κ3) is 7.06. The Labute approximate surface area is 145 Å². The van der Waals surface area contributed by atoms with Gasteiger partial charge in [-0.2, -0.15) is 0 Å². The van der Waals surface area contributed by atoms with E-state index in [-0.39, 0.29) is 36.2 Å². The van der Waals surface area contributed by atoms with Crippen LogP contribution in [0, 0.1) is 0 Å². The number of hydrogen-bond donors (Lipinski definition) is 3. The minimum Gasteiger partial charge on any atom is -0.350 e. The van der Waals surface area contributed by atoms with Crippen LogP contribution < -0.4 is 15.8 Å². The van der Waals surface area contributed by atoms with Gasteiger partial charge >= 0.3 is 0 Å². The van der Waals surface area contributed by atoms with E-state index in [1.807, 2.05) is 0 Å². The Morgan fingerprint density at radius 1 is 1.27 bits per heavy atom. The number of nitrogens with one attached hydrogen (secondary N) is 2. The van der Waals surface area contributed by atoms with Crippen LogP contribution in [0.3, 0.4) is 0 Å². The molecule has 0 spiro atoms. The summed E-state index contributed by atoms with van der Waals surface area (Å²) in [5.74, 6) is -0.246. The maximum Gasteiger partial charge on any atom is 0.240 e. The summed E-state index contributed by atoms with van der Waals surface area (Å²) in [5.41, 5.74) is 5.01. The summed E-state index contributed by atoms with van der Waals surface area (Å²) in [7, 11) is -3.60. The Morgan fingerprint density at radius 2 is 1.82 bits per heavy atom. The van der Waals surface area contributed by atoms with Gasteiger partial charge in [-0.25, -0.2) is 13.1 Å². The van der Waals surface area contributed by atoms with Crippen molar-refractivity contribution in [3.05, 3.63) is 28.7 Å². The van der Waals surface area contributed by atoms with Gasteiger partial charge in [0.2, 0.25) is 15.9 Å². The van der Waals surface area contributed by atoms with Crippen LogP contribution in [0.15, 0.2) is 33.6 Å².